The van der Waals surface area contributed by atoms with E-state index in [1.165, 1.54) is 11.8 Å². The predicted molar refractivity (Wildman–Crippen MR) is 96.3 cm³/mol. The van der Waals surface area contributed by atoms with E-state index in [2.05, 4.69) is 48.3 Å². The van der Waals surface area contributed by atoms with Crippen LogP contribution in [0.25, 0.3) is 0 Å². The summed E-state index contributed by atoms with van der Waals surface area (Å²) in [5.74, 6) is 0.204. The number of furan rings is 1. The molecule has 5 heteroatoms. The lowest BCUT2D eigenvalue weighted by Crippen LogP contribution is -2.44. The van der Waals surface area contributed by atoms with Crippen LogP contribution in [0.1, 0.15) is 41.1 Å². The van der Waals surface area contributed by atoms with Crippen molar-refractivity contribution in [3.05, 3.63) is 59.0 Å². The molecule has 0 saturated carbocycles. The molecule has 2 atom stereocenters. The Hall–Kier alpha value is -2.11. The van der Waals surface area contributed by atoms with Crippen molar-refractivity contribution in [3.63, 3.8) is 0 Å². The van der Waals surface area contributed by atoms with Crippen LogP contribution in [-0.2, 0) is 17.8 Å². The van der Waals surface area contributed by atoms with Gasteiger partial charge in [0.1, 0.15) is 0 Å². The summed E-state index contributed by atoms with van der Waals surface area (Å²) < 4.78 is 11.0. The molecule has 2 heterocycles. The molecule has 0 bridgehead atoms. The number of carbonyl (C=O) groups is 1. The van der Waals surface area contributed by atoms with Crippen molar-refractivity contribution in [3.8, 4) is 0 Å². The number of aryl methyl sites for hydroxylation is 1. The Bertz CT molecular complexity index is 698. The molecule has 5 nitrogen and oxygen atoms in total. The third-order valence-electron chi connectivity index (χ3n) is 4.45. The van der Waals surface area contributed by atoms with E-state index in [0.29, 0.717) is 12.3 Å². The van der Waals surface area contributed by atoms with Crippen molar-refractivity contribution in [1.29, 1.82) is 0 Å². The van der Waals surface area contributed by atoms with E-state index in [1.54, 1.807) is 6.07 Å². The van der Waals surface area contributed by atoms with Crippen molar-refractivity contribution < 1.29 is 13.9 Å². The second-order valence-electron chi connectivity index (χ2n) is 6.88. The number of carbonyl (C=O) groups excluding carboxylic acids is 1. The Kier molecular flexibility index (Phi) is 5.56. The minimum atomic E-state index is -0.178. The van der Waals surface area contributed by atoms with Crippen molar-refractivity contribution in [2.24, 2.45) is 0 Å². The fourth-order valence-electron chi connectivity index (χ4n) is 3.30. The smallest absolute Gasteiger partial charge is 0.287 e. The lowest BCUT2D eigenvalue weighted by molar-refractivity contribution is -0.0704. The Labute approximate surface area is 149 Å². The zero-order valence-corrected chi connectivity index (χ0v) is 15.1. The molecule has 0 aliphatic carbocycles. The molecule has 1 fully saturated rings. The van der Waals surface area contributed by atoms with Gasteiger partial charge >= 0.3 is 0 Å². The summed E-state index contributed by atoms with van der Waals surface area (Å²) in [6.45, 7) is 9.45. The van der Waals surface area contributed by atoms with Crippen LogP contribution < -0.4 is 5.32 Å². The number of hydrogen-bond donors (Lipinski definition) is 1. The SMILES string of the molecule is Cc1ccoc1C(=O)NCc1ccc(CN2C[C@H](C)O[C@@H](C)C2)cc1. The fraction of sp³-hybridized carbons (Fsp3) is 0.450. The first-order chi connectivity index (χ1) is 12.0. The molecule has 0 spiro atoms. The van der Waals surface area contributed by atoms with E-state index in [-0.39, 0.29) is 18.1 Å². The molecule has 1 amide bonds. The highest BCUT2D eigenvalue weighted by Gasteiger charge is 2.21. The standard InChI is InChI=1S/C20H26N2O3/c1-14-8-9-24-19(14)20(23)21-10-17-4-6-18(7-5-17)13-22-11-15(2)25-16(3)12-22/h4-9,15-16H,10-13H2,1-3H3,(H,21,23)/t15-,16-/m0/s1. The van der Waals surface area contributed by atoms with Crippen molar-refractivity contribution in [1.82, 2.24) is 10.2 Å². The van der Waals surface area contributed by atoms with Gasteiger partial charge in [-0.1, -0.05) is 24.3 Å². The molecular weight excluding hydrogens is 316 g/mol. The molecule has 0 unspecified atom stereocenters. The van der Waals surface area contributed by atoms with Gasteiger partial charge in [-0.05, 0) is 38.0 Å². The first-order valence-electron chi connectivity index (χ1n) is 8.79. The van der Waals surface area contributed by atoms with Gasteiger partial charge in [-0.3, -0.25) is 9.69 Å². The lowest BCUT2D eigenvalue weighted by Gasteiger charge is -2.35. The summed E-state index contributed by atoms with van der Waals surface area (Å²) >= 11 is 0. The number of nitrogens with one attached hydrogen (secondary N) is 1. The number of rotatable bonds is 5. The third kappa shape index (κ3) is 4.71. The Balaban J connectivity index is 1.52. The first-order valence-corrected chi connectivity index (χ1v) is 8.79. The van der Waals surface area contributed by atoms with Crippen LogP contribution in [0.3, 0.4) is 0 Å². The number of nitrogens with zero attached hydrogens (tertiary/aromatic N) is 1. The summed E-state index contributed by atoms with van der Waals surface area (Å²) in [5.41, 5.74) is 3.20. The van der Waals surface area contributed by atoms with Crippen molar-refractivity contribution in [2.45, 2.75) is 46.1 Å². The summed E-state index contributed by atoms with van der Waals surface area (Å²) in [4.78, 5) is 14.5. The monoisotopic (exact) mass is 342 g/mol. The molecule has 134 valence electrons. The third-order valence-corrected chi connectivity index (χ3v) is 4.45. The molecule has 1 saturated heterocycles. The van der Waals surface area contributed by atoms with Crippen LogP contribution >= 0.6 is 0 Å². The minimum Gasteiger partial charge on any atom is -0.459 e. The van der Waals surface area contributed by atoms with Crippen LogP contribution in [0.15, 0.2) is 41.0 Å². The normalized spacial score (nSPS) is 21.2. The molecule has 0 radical (unpaired) electrons. The minimum absolute atomic E-state index is 0.178. The lowest BCUT2D eigenvalue weighted by atomic mass is 10.1. The Morgan fingerprint density at radius 2 is 1.76 bits per heavy atom. The summed E-state index contributed by atoms with van der Waals surface area (Å²) in [7, 11) is 0. The van der Waals surface area contributed by atoms with E-state index in [1.807, 2.05) is 6.92 Å². The number of benzene rings is 1. The number of hydrogen-bond acceptors (Lipinski definition) is 4. The maximum absolute atomic E-state index is 12.1. The molecule has 1 N–H and O–H groups in total. The summed E-state index contributed by atoms with van der Waals surface area (Å²) in [6.07, 6.45) is 2.10. The molecule has 3 rings (SSSR count). The number of ether oxygens (including phenoxy) is 1. The van der Waals surface area contributed by atoms with Gasteiger partial charge in [-0.2, -0.15) is 0 Å². The summed E-state index contributed by atoms with van der Waals surface area (Å²) in [5, 5.41) is 2.89. The van der Waals surface area contributed by atoms with Crippen molar-refractivity contribution >= 4 is 5.91 Å². The largest absolute Gasteiger partial charge is 0.459 e. The zero-order valence-electron chi connectivity index (χ0n) is 15.1. The van der Waals surface area contributed by atoms with Crippen LogP contribution in [0.4, 0.5) is 0 Å². The molecule has 1 aliphatic heterocycles. The average molecular weight is 342 g/mol. The topological polar surface area (TPSA) is 54.7 Å². The second-order valence-corrected chi connectivity index (χ2v) is 6.88. The van der Waals surface area contributed by atoms with Gasteiger partial charge in [0.05, 0.1) is 18.5 Å². The highest BCUT2D eigenvalue weighted by Crippen LogP contribution is 2.15. The Morgan fingerprint density at radius 3 is 2.36 bits per heavy atom. The molecular formula is C20H26N2O3. The van der Waals surface area contributed by atoms with Gasteiger partial charge in [0, 0.05) is 31.7 Å². The van der Waals surface area contributed by atoms with Gasteiger partial charge in [0.15, 0.2) is 5.76 Å². The summed E-state index contributed by atoms with van der Waals surface area (Å²) in [6, 6.07) is 10.2. The maximum Gasteiger partial charge on any atom is 0.287 e. The molecule has 2 aromatic rings. The second kappa shape index (κ2) is 7.85. The van der Waals surface area contributed by atoms with Gasteiger partial charge in [0.2, 0.25) is 0 Å². The van der Waals surface area contributed by atoms with E-state index in [9.17, 15) is 4.79 Å². The van der Waals surface area contributed by atoms with E-state index >= 15 is 0 Å². The average Bonchev–Trinajstić information content (AvgIpc) is 2.99. The van der Waals surface area contributed by atoms with Crippen LogP contribution in [0.5, 0.6) is 0 Å². The van der Waals surface area contributed by atoms with Crippen LogP contribution in [0, 0.1) is 6.92 Å². The molecule has 1 aliphatic rings. The van der Waals surface area contributed by atoms with Crippen molar-refractivity contribution in [2.75, 3.05) is 13.1 Å². The van der Waals surface area contributed by atoms with Gasteiger partial charge in [-0.15, -0.1) is 0 Å². The molecule has 25 heavy (non-hydrogen) atoms. The molecule has 1 aromatic carbocycles. The van der Waals surface area contributed by atoms with E-state index in [4.69, 9.17) is 9.15 Å². The number of morpholine rings is 1. The Morgan fingerprint density at radius 1 is 1.12 bits per heavy atom. The van der Waals surface area contributed by atoms with E-state index < -0.39 is 0 Å². The quantitative estimate of drug-likeness (QED) is 0.907. The highest BCUT2D eigenvalue weighted by molar-refractivity contribution is 5.92. The maximum atomic E-state index is 12.1. The van der Waals surface area contributed by atoms with Gasteiger partial charge in [0.25, 0.3) is 5.91 Å². The van der Waals surface area contributed by atoms with Crippen LogP contribution in [0.2, 0.25) is 0 Å². The number of amides is 1. The first kappa shape index (κ1) is 17.7. The fourth-order valence-corrected chi connectivity index (χ4v) is 3.30. The zero-order chi connectivity index (χ0) is 17.8. The van der Waals surface area contributed by atoms with E-state index in [0.717, 1.165) is 30.8 Å². The highest BCUT2D eigenvalue weighted by atomic mass is 16.5. The van der Waals surface area contributed by atoms with Crippen LogP contribution in [-0.4, -0.2) is 36.1 Å². The van der Waals surface area contributed by atoms with Gasteiger partial charge < -0.3 is 14.5 Å². The predicted octanol–water partition coefficient (Wildman–Crippen LogP) is 3.13. The molecule has 1 aromatic heterocycles. The van der Waals surface area contributed by atoms with Gasteiger partial charge in [-0.25, -0.2) is 0 Å².